The van der Waals surface area contributed by atoms with Crippen molar-refractivity contribution in [3.05, 3.63) is 46.0 Å². The number of hydrogen-bond donors (Lipinski definition) is 2. The number of nitrogen functional groups attached to an aromatic ring is 1. The van der Waals surface area contributed by atoms with E-state index in [0.717, 1.165) is 31.5 Å². The van der Waals surface area contributed by atoms with Crippen molar-refractivity contribution in [3.63, 3.8) is 0 Å². The predicted octanol–water partition coefficient (Wildman–Crippen LogP) is 2.82. The first kappa shape index (κ1) is 16.9. The van der Waals surface area contributed by atoms with E-state index in [4.69, 9.17) is 5.73 Å². The van der Waals surface area contributed by atoms with Crippen LogP contribution in [0.1, 0.15) is 25.3 Å². The molecule has 0 atom stereocenters. The van der Waals surface area contributed by atoms with Crippen molar-refractivity contribution in [2.75, 3.05) is 29.0 Å². The number of rotatable bonds is 5. The van der Waals surface area contributed by atoms with Gasteiger partial charge in [-0.25, -0.2) is 0 Å². The summed E-state index contributed by atoms with van der Waals surface area (Å²) < 4.78 is 0. The van der Waals surface area contributed by atoms with Crippen molar-refractivity contribution in [1.82, 2.24) is 9.97 Å². The minimum Gasteiger partial charge on any atom is -0.378 e. The van der Waals surface area contributed by atoms with Crippen LogP contribution in [-0.4, -0.2) is 28.0 Å². The number of aromatic nitrogens is 2. The molecule has 0 spiro atoms. The fourth-order valence-corrected chi connectivity index (χ4v) is 2.89. The Balaban J connectivity index is 1.86. The second-order valence-electron chi connectivity index (χ2n) is 6.37. The maximum absolute atomic E-state index is 11.4. The third-order valence-corrected chi connectivity index (χ3v) is 4.45. The van der Waals surface area contributed by atoms with Crippen LogP contribution in [0.25, 0.3) is 0 Å². The average Bonchev–Trinajstić information content (AvgIpc) is 2.60. The molecule has 3 rings (SSSR count). The number of piperidine rings is 1. The minimum absolute atomic E-state index is 0.107. The van der Waals surface area contributed by atoms with Crippen molar-refractivity contribution in [2.45, 2.75) is 26.3 Å². The summed E-state index contributed by atoms with van der Waals surface area (Å²) >= 11 is 0. The molecule has 1 aromatic carbocycles. The summed E-state index contributed by atoms with van der Waals surface area (Å²) in [5.74, 6) is 1.17. The Morgan fingerprint density at radius 2 is 1.96 bits per heavy atom. The van der Waals surface area contributed by atoms with Crippen LogP contribution in [0.3, 0.4) is 0 Å². The van der Waals surface area contributed by atoms with Crippen LogP contribution in [0.15, 0.2) is 30.3 Å². The lowest BCUT2D eigenvalue weighted by Gasteiger charge is -2.30. The van der Waals surface area contributed by atoms with Gasteiger partial charge in [-0.1, -0.05) is 37.3 Å². The van der Waals surface area contributed by atoms with Crippen LogP contribution < -0.4 is 16.0 Å². The fraction of sp³-hybridized carbons (Fsp3) is 0.412. The standard InChI is InChI=1S/C17H22N6O2/c1-12-7-9-22(10-8-12)17-20-15(18)14(23(24)25)16(21-17)19-11-13-5-3-2-4-6-13/h2-6,12H,7-11H2,1H3,(H3,18,19,20,21). The van der Waals surface area contributed by atoms with Gasteiger partial charge in [0.15, 0.2) is 0 Å². The summed E-state index contributed by atoms with van der Waals surface area (Å²) in [4.78, 5) is 21.4. The van der Waals surface area contributed by atoms with E-state index in [-0.39, 0.29) is 17.3 Å². The highest BCUT2D eigenvalue weighted by molar-refractivity contribution is 5.70. The van der Waals surface area contributed by atoms with Crippen molar-refractivity contribution in [2.24, 2.45) is 5.92 Å². The Morgan fingerprint density at radius 1 is 1.28 bits per heavy atom. The average molecular weight is 342 g/mol. The maximum atomic E-state index is 11.4. The number of nitrogens with zero attached hydrogens (tertiary/aromatic N) is 4. The molecule has 2 heterocycles. The Kier molecular flexibility index (Phi) is 4.97. The summed E-state index contributed by atoms with van der Waals surface area (Å²) in [6.45, 7) is 4.30. The first-order valence-electron chi connectivity index (χ1n) is 8.39. The molecule has 0 radical (unpaired) electrons. The zero-order valence-electron chi connectivity index (χ0n) is 14.2. The van der Waals surface area contributed by atoms with E-state index in [1.807, 2.05) is 35.2 Å². The molecule has 3 N–H and O–H groups in total. The number of nitro groups is 1. The largest absolute Gasteiger partial charge is 0.378 e. The number of anilines is 3. The van der Waals surface area contributed by atoms with Gasteiger partial charge in [0.2, 0.25) is 17.6 Å². The summed E-state index contributed by atoms with van der Waals surface area (Å²) in [6, 6.07) is 9.64. The fourth-order valence-electron chi connectivity index (χ4n) is 2.89. The molecule has 1 aromatic heterocycles. The highest BCUT2D eigenvalue weighted by Crippen LogP contribution is 2.31. The topological polar surface area (TPSA) is 110 Å². The molecular weight excluding hydrogens is 320 g/mol. The molecule has 132 valence electrons. The number of nitrogens with two attached hydrogens (primary N) is 1. The third-order valence-electron chi connectivity index (χ3n) is 4.45. The van der Waals surface area contributed by atoms with Gasteiger partial charge < -0.3 is 16.0 Å². The molecule has 0 bridgehead atoms. The molecule has 0 aliphatic carbocycles. The van der Waals surface area contributed by atoms with Gasteiger partial charge in [0.05, 0.1) is 4.92 Å². The Labute approximate surface area is 146 Å². The van der Waals surface area contributed by atoms with E-state index < -0.39 is 4.92 Å². The van der Waals surface area contributed by atoms with E-state index in [0.29, 0.717) is 18.4 Å². The Hall–Kier alpha value is -2.90. The summed E-state index contributed by atoms with van der Waals surface area (Å²) in [5, 5.41) is 14.4. The molecule has 1 fully saturated rings. The quantitative estimate of drug-likeness (QED) is 0.635. The highest BCUT2D eigenvalue weighted by Gasteiger charge is 2.26. The lowest BCUT2D eigenvalue weighted by Crippen LogP contribution is -2.34. The van der Waals surface area contributed by atoms with Crippen molar-refractivity contribution < 1.29 is 4.92 Å². The Bertz CT molecular complexity index is 744. The number of hydrogen-bond acceptors (Lipinski definition) is 7. The summed E-state index contributed by atoms with van der Waals surface area (Å²) in [6.07, 6.45) is 2.10. The van der Waals surface area contributed by atoms with Gasteiger partial charge in [0.25, 0.3) is 0 Å². The summed E-state index contributed by atoms with van der Waals surface area (Å²) in [5.41, 5.74) is 6.60. The van der Waals surface area contributed by atoms with E-state index in [9.17, 15) is 10.1 Å². The first-order valence-corrected chi connectivity index (χ1v) is 8.39. The lowest BCUT2D eigenvalue weighted by atomic mass is 10.00. The van der Waals surface area contributed by atoms with Crippen LogP contribution >= 0.6 is 0 Å². The molecular formula is C17H22N6O2. The molecule has 25 heavy (non-hydrogen) atoms. The zero-order chi connectivity index (χ0) is 17.8. The van der Waals surface area contributed by atoms with Gasteiger partial charge >= 0.3 is 5.69 Å². The summed E-state index contributed by atoms with van der Waals surface area (Å²) in [7, 11) is 0. The molecule has 8 heteroatoms. The van der Waals surface area contributed by atoms with Crippen molar-refractivity contribution in [3.8, 4) is 0 Å². The number of benzene rings is 1. The van der Waals surface area contributed by atoms with E-state index in [1.54, 1.807) is 0 Å². The molecule has 0 unspecified atom stereocenters. The van der Waals surface area contributed by atoms with Gasteiger partial charge in [-0.15, -0.1) is 0 Å². The first-order chi connectivity index (χ1) is 12.0. The number of nitrogens with one attached hydrogen (secondary N) is 1. The molecule has 8 nitrogen and oxygen atoms in total. The van der Waals surface area contributed by atoms with Crippen LogP contribution in [-0.2, 0) is 6.54 Å². The molecule has 1 aliphatic heterocycles. The molecule has 1 aliphatic rings. The smallest absolute Gasteiger partial charge is 0.353 e. The van der Waals surface area contributed by atoms with Gasteiger partial charge in [-0.3, -0.25) is 10.1 Å². The zero-order valence-corrected chi connectivity index (χ0v) is 14.2. The van der Waals surface area contributed by atoms with Gasteiger partial charge in [0.1, 0.15) is 0 Å². The minimum atomic E-state index is -0.537. The predicted molar refractivity (Wildman–Crippen MR) is 97.5 cm³/mol. The third kappa shape index (κ3) is 3.96. The van der Waals surface area contributed by atoms with Crippen LogP contribution in [0.2, 0.25) is 0 Å². The SMILES string of the molecule is CC1CCN(c2nc(N)c([N+](=O)[O-])c(NCc3ccccc3)n2)CC1. The Morgan fingerprint density at radius 3 is 2.60 bits per heavy atom. The van der Waals surface area contributed by atoms with E-state index >= 15 is 0 Å². The second-order valence-corrected chi connectivity index (χ2v) is 6.37. The van der Waals surface area contributed by atoms with E-state index in [1.165, 1.54) is 0 Å². The van der Waals surface area contributed by atoms with Crippen molar-refractivity contribution in [1.29, 1.82) is 0 Å². The molecule has 0 amide bonds. The van der Waals surface area contributed by atoms with Gasteiger partial charge in [-0.2, -0.15) is 9.97 Å². The second kappa shape index (κ2) is 7.33. The van der Waals surface area contributed by atoms with Crippen LogP contribution in [0.4, 0.5) is 23.3 Å². The van der Waals surface area contributed by atoms with Gasteiger partial charge in [0, 0.05) is 19.6 Å². The monoisotopic (exact) mass is 342 g/mol. The van der Waals surface area contributed by atoms with Gasteiger partial charge in [-0.05, 0) is 24.3 Å². The van der Waals surface area contributed by atoms with Crippen molar-refractivity contribution >= 4 is 23.3 Å². The lowest BCUT2D eigenvalue weighted by molar-refractivity contribution is -0.383. The maximum Gasteiger partial charge on any atom is 0.353 e. The van der Waals surface area contributed by atoms with E-state index in [2.05, 4.69) is 22.2 Å². The molecule has 2 aromatic rings. The molecule has 1 saturated heterocycles. The molecule has 0 saturated carbocycles. The van der Waals surface area contributed by atoms with Crippen LogP contribution in [0, 0.1) is 16.0 Å². The van der Waals surface area contributed by atoms with Crippen LogP contribution in [0.5, 0.6) is 0 Å². The highest BCUT2D eigenvalue weighted by atomic mass is 16.6. The normalized spacial score (nSPS) is 15.2.